The highest BCUT2D eigenvalue weighted by molar-refractivity contribution is 5.99. The van der Waals surface area contributed by atoms with Crippen LogP contribution in [0.15, 0.2) is 55.1 Å². The molecule has 3 aromatic rings. The van der Waals surface area contributed by atoms with Gasteiger partial charge in [0.1, 0.15) is 12.0 Å². The quantitative estimate of drug-likeness (QED) is 0.570. The van der Waals surface area contributed by atoms with Gasteiger partial charge in [-0.2, -0.15) is 5.26 Å². The Kier molecular flexibility index (Phi) is 7.78. The summed E-state index contributed by atoms with van der Waals surface area (Å²) < 4.78 is 26.8. The second-order valence-corrected chi connectivity index (χ2v) is 7.60. The normalized spacial score (nSPS) is 14.6. The molecule has 8 heteroatoms. The first-order chi connectivity index (χ1) is 16.0. The maximum Gasteiger partial charge on any atom is 0.256 e. The summed E-state index contributed by atoms with van der Waals surface area (Å²) >= 11 is 0. The van der Waals surface area contributed by atoms with Crippen molar-refractivity contribution < 1.29 is 13.6 Å². The van der Waals surface area contributed by atoms with E-state index in [0.29, 0.717) is 54.9 Å². The van der Waals surface area contributed by atoms with Gasteiger partial charge < -0.3 is 4.90 Å². The molecule has 1 amide bonds. The molecule has 3 heterocycles. The molecule has 1 aromatic carbocycles. The maximum atomic E-state index is 13.6. The minimum Gasteiger partial charge on any atom is -0.338 e. The molecule has 0 saturated carbocycles. The standard InChI is InChI=1S/C23H19F2N5O.C2H6/c24-18-4-3-16(12-19(18)25)13-23(14-26)6-10-30(11-7-23)22(31)17-2-1-8-28-21(17)20-5-9-27-15-29-20;1-2/h1-5,8-9,12,15H,6-7,10-11,13H2;1-2H3. The molecule has 0 spiro atoms. The summed E-state index contributed by atoms with van der Waals surface area (Å²) in [7, 11) is 0. The van der Waals surface area contributed by atoms with E-state index in [9.17, 15) is 18.8 Å². The number of piperidine rings is 1. The van der Waals surface area contributed by atoms with Crippen molar-refractivity contribution in [3.8, 4) is 17.5 Å². The van der Waals surface area contributed by atoms with Crippen LogP contribution >= 0.6 is 0 Å². The number of nitriles is 1. The van der Waals surface area contributed by atoms with Gasteiger partial charge in [-0.05, 0) is 55.2 Å². The summed E-state index contributed by atoms with van der Waals surface area (Å²) in [5.74, 6) is -2.01. The Morgan fingerprint density at radius 2 is 1.85 bits per heavy atom. The lowest BCUT2D eigenvalue weighted by atomic mass is 9.75. The van der Waals surface area contributed by atoms with Crippen LogP contribution in [0.2, 0.25) is 0 Å². The summed E-state index contributed by atoms with van der Waals surface area (Å²) in [5, 5.41) is 9.82. The van der Waals surface area contributed by atoms with Crippen LogP contribution in [0.1, 0.15) is 42.6 Å². The Hall–Kier alpha value is -3.73. The summed E-state index contributed by atoms with van der Waals surface area (Å²) in [6.45, 7) is 4.77. The minimum absolute atomic E-state index is 0.180. The Morgan fingerprint density at radius 1 is 1.09 bits per heavy atom. The van der Waals surface area contributed by atoms with Gasteiger partial charge in [0.05, 0.1) is 22.7 Å². The SMILES string of the molecule is CC.N#CC1(Cc2ccc(F)c(F)c2)CCN(C(=O)c2cccnc2-c2ccncn2)CC1. The number of pyridine rings is 1. The number of aromatic nitrogens is 3. The van der Waals surface area contributed by atoms with Crippen LogP contribution in [0.4, 0.5) is 8.78 Å². The number of nitrogens with zero attached hydrogens (tertiary/aromatic N) is 5. The fraction of sp³-hybridized carbons (Fsp3) is 0.320. The van der Waals surface area contributed by atoms with Crippen molar-refractivity contribution in [2.24, 2.45) is 5.41 Å². The van der Waals surface area contributed by atoms with Crippen molar-refractivity contribution in [2.45, 2.75) is 33.1 Å². The molecule has 0 radical (unpaired) electrons. The monoisotopic (exact) mass is 449 g/mol. The van der Waals surface area contributed by atoms with Crippen LogP contribution < -0.4 is 0 Å². The van der Waals surface area contributed by atoms with Gasteiger partial charge in [0, 0.05) is 25.5 Å². The number of hydrogen-bond donors (Lipinski definition) is 0. The highest BCUT2D eigenvalue weighted by Gasteiger charge is 2.37. The van der Waals surface area contributed by atoms with Crippen molar-refractivity contribution in [3.05, 3.63) is 77.9 Å². The number of rotatable bonds is 4. The van der Waals surface area contributed by atoms with E-state index in [4.69, 9.17) is 0 Å². The van der Waals surface area contributed by atoms with Crippen molar-refractivity contribution in [2.75, 3.05) is 13.1 Å². The smallest absolute Gasteiger partial charge is 0.256 e. The highest BCUT2D eigenvalue weighted by atomic mass is 19.2. The predicted octanol–water partition coefficient (Wildman–Crippen LogP) is 4.83. The molecule has 33 heavy (non-hydrogen) atoms. The molecule has 0 unspecified atom stereocenters. The largest absolute Gasteiger partial charge is 0.338 e. The van der Waals surface area contributed by atoms with Crippen molar-refractivity contribution in [3.63, 3.8) is 0 Å². The van der Waals surface area contributed by atoms with Crippen LogP contribution in [0, 0.1) is 28.4 Å². The van der Waals surface area contributed by atoms with Gasteiger partial charge in [-0.15, -0.1) is 0 Å². The van der Waals surface area contributed by atoms with Gasteiger partial charge in [-0.3, -0.25) is 9.78 Å². The lowest BCUT2D eigenvalue weighted by Crippen LogP contribution is -2.43. The fourth-order valence-corrected chi connectivity index (χ4v) is 3.89. The molecule has 4 rings (SSSR count). The lowest BCUT2D eigenvalue weighted by Gasteiger charge is -2.37. The summed E-state index contributed by atoms with van der Waals surface area (Å²) in [6, 6.07) is 11.2. The Labute approximate surface area is 191 Å². The zero-order valence-corrected chi connectivity index (χ0v) is 18.6. The number of amides is 1. The molecule has 0 atom stereocenters. The van der Waals surface area contributed by atoms with Gasteiger partial charge in [0.2, 0.25) is 0 Å². The van der Waals surface area contributed by atoms with Crippen LogP contribution in [0.25, 0.3) is 11.4 Å². The van der Waals surface area contributed by atoms with Gasteiger partial charge in [-0.1, -0.05) is 19.9 Å². The zero-order valence-electron chi connectivity index (χ0n) is 18.6. The van der Waals surface area contributed by atoms with Crippen LogP contribution in [-0.4, -0.2) is 38.8 Å². The minimum atomic E-state index is -0.924. The van der Waals surface area contributed by atoms with Crippen molar-refractivity contribution in [1.29, 1.82) is 5.26 Å². The van der Waals surface area contributed by atoms with Crippen molar-refractivity contribution in [1.82, 2.24) is 19.9 Å². The molecule has 2 aromatic heterocycles. The molecule has 0 bridgehead atoms. The van der Waals surface area contributed by atoms with Gasteiger partial charge in [-0.25, -0.2) is 18.7 Å². The van der Waals surface area contributed by atoms with E-state index in [0.717, 1.165) is 12.1 Å². The average molecular weight is 450 g/mol. The van der Waals surface area contributed by atoms with Gasteiger partial charge >= 0.3 is 0 Å². The number of hydrogen-bond acceptors (Lipinski definition) is 5. The molecule has 0 aliphatic carbocycles. The molecular formula is C25H25F2N5O. The first kappa shape index (κ1) is 23.9. The number of likely N-dealkylation sites (tertiary alicyclic amines) is 1. The van der Waals surface area contributed by atoms with Crippen LogP contribution in [0.5, 0.6) is 0 Å². The molecule has 1 saturated heterocycles. The third kappa shape index (κ3) is 5.37. The summed E-state index contributed by atoms with van der Waals surface area (Å²) in [5.41, 5.74) is 1.31. The third-order valence-electron chi connectivity index (χ3n) is 5.63. The number of benzene rings is 1. The molecule has 1 aliphatic heterocycles. The Bertz CT molecular complexity index is 1140. The van der Waals surface area contributed by atoms with Crippen LogP contribution in [-0.2, 0) is 6.42 Å². The Balaban J connectivity index is 0.00000149. The first-order valence-corrected chi connectivity index (χ1v) is 10.9. The lowest BCUT2D eigenvalue weighted by molar-refractivity contribution is 0.0647. The van der Waals surface area contributed by atoms with E-state index in [1.165, 1.54) is 12.4 Å². The van der Waals surface area contributed by atoms with E-state index in [2.05, 4.69) is 21.0 Å². The second kappa shape index (κ2) is 10.7. The predicted molar refractivity (Wildman–Crippen MR) is 120 cm³/mol. The van der Waals surface area contributed by atoms with Gasteiger partial charge in [0.15, 0.2) is 11.6 Å². The van der Waals surface area contributed by atoms with Crippen molar-refractivity contribution >= 4 is 5.91 Å². The zero-order chi connectivity index (χ0) is 23.8. The number of carbonyl (C=O) groups is 1. The van der Waals surface area contributed by atoms with E-state index < -0.39 is 17.0 Å². The highest BCUT2D eigenvalue weighted by Crippen LogP contribution is 2.35. The van der Waals surface area contributed by atoms with E-state index in [1.807, 2.05) is 13.8 Å². The van der Waals surface area contributed by atoms with E-state index in [-0.39, 0.29) is 5.91 Å². The second-order valence-electron chi connectivity index (χ2n) is 7.60. The topological polar surface area (TPSA) is 82.8 Å². The Morgan fingerprint density at radius 3 is 2.48 bits per heavy atom. The molecule has 6 nitrogen and oxygen atoms in total. The van der Waals surface area contributed by atoms with Gasteiger partial charge in [0.25, 0.3) is 5.91 Å². The molecule has 170 valence electrons. The third-order valence-corrected chi connectivity index (χ3v) is 5.63. The van der Waals surface area contributed by atoms with E-state index in [1.54, 1.807) is 35.5 Å². The molecule has 0 N–H and O–H groups in total. The summed E-state index contributed by atoms with van der Waals surface area (Å²) in [6.07, 6.45) is 5.79. The summed E-state index contributed by atoms with van der Waals surface area (Å²) in [4.78, 5) is 27.3. The number of halogens is 2. The first-order valence-electron chi connectivity index (χ1n) is 10.9. The van der Waals surface area contributed by atoms with E-state index >= 15 is 0 Å². The molecular weight excluding hydrogens is 424 g/mol. The van der Waals surface area contributed by atoms with Crippen LogP contribution in [0.3, 0.4) is 0 Å². The fourth-order valence-electron chi connectivity index (χ4n) is 3.89. The molecule has 1 fully saturated rings. The number of carbonyl (C=O) groups excluding carboxylic acids is 1. The molecule has 1 aliphatic rings. The maximum absolute atomic E-state index is 13.6. The average Bonchev–Trinajstić information content (AvgIpc) is 2.88.